The zero-order valence-corrected chi connectivity index (χ0v) is 25.5. The molecule has 1 aromatic heterocycles. The Morgan fingerprint density at radius 2 is 1.79 bits per heavy atom. The van der Waals surface area contributed by atoms with Crippen LogP contribution in [-0.2, 0) is 4.79 Å². The Labute approximate surface area is 252 Å². The molecule has 0 aliphatic carbocycles. The number of aromatic nitrogens is 1. The van der Waals surface area contributed by atoms with Gasteiger partial charge in [-0.05, 0) is 73.2 Å². The molecule has 5 rings (SSSR count). The van der Waals surface area contributed by atoms with Crippen molar-refractivity contribution >= 4 is 39.8 Å². The second-order valence-electron chi connectivity index (χ2n) is 11.3. The molecule has 3 aromatic carbocycles. The molecular formula is C35H35ClN4O2. The van der Waals surface area contributed by atoms with E-state index in [-0.39, 0.29) is 29.1 Å². The van der Waals surface area contributed by atoms with Gasteiger partial charge in [-0.25, -0.2) is 4.85 Å². The molecule has 1 amide bonds. The van der Waals surface area contributed by atoms with E-state index in [1.807, 2.05) is 49.4 Å². The van der Waals surface area contributed by atoms with Crippen molar-refractivity contribution < 1.29 is 4.79 Å². The lowest BCUT2D eigenvalue weighted by atomic mass is 9.94. The number of para-hydroxylation sites is 1. The Hall–Kier alpha value is -4.34. The van der Waals surface area contributed by atoms with Crippen molar-refractivity contribution in [2.24, 2.45) is 0 Å². The molecule has 1 atom stereocenters. The third-order valence-electron chi connectivity index (χ3n) is 8.27. The fourth-order valence-corrected chi connectivity index (χ4v) is 6.50. The van der Waals surface area contributed by atoms with E-state index in [1.165, 1.54) is 6.08 Å². The number of hydrogen-bond acceptors (Lipinski definition) is 3. The van der Waals surface area contributed by atoms with Gasteiger partial charge >= 0.3 is 0 Å². The molecule has 42 heavy (non-hydrogen) atoms. The Kier molecular flexibility index (Phi) is 7.99. The second-order valence-corrected chi connectivity index (χ2v) is 11.7. The van der Waals surface area contributed by atoms with Gasteiger partial charge in [-0.3, -0.25) is 14.2 Å². The molecule has 2 heterocycles. The average molecular weight is 579 g/mol. The SMILES string of the molecule is [C-]#[N+]c1c(N2CCN(C(=O)C=C)C[C@@H]2C)c2cc(Cl)c(-c3c(C)cccc3C)cc2n(-c2ccccc2C(C)C)c1=O. The van der Waals surface area contributed by atoms with Crippen LogP contribution in [0.1, 0.15) is 43.4 Å². The van der Waals surface area contributed by atoms with Crippen LogP contribution in [0.4, 0.5) is 11.4 Å². The molecule has 0 spiro atoms. The second kappa shape index (κ2) is 11.5. The summed E-state index contributed by atoms with van der Waals surface area (Å²) >= 11 is 7.08. The molecular weight excluding hydrogens is 544 g/mol. The van der Waals surface area contributed by atoms with Crippen LogP contribution >= 0.6 is 11.6 Å². The molecule has 7 heteroatoms. The number of fused-ring (bicyclic) bond motifs is 1. The van der Waals surface area contributed by atoms with Gasteiger partial charge in [0, 0.05) is 41.6 Å². The average Bonchev–Trinajstić information content (AvgIpc) is 2.96. The Balaban J connectivity index is 1.89. The lowest BCUT2D eigenvalue weighted by molar-refractivity contribution is -0.126. The number of rotatable bonds is 5. The minimum absolute atomic E-state index is 0.0484. The van der Waals surface area contributed by atoms with Gasteiger partial charge in [0.15, 0.2) is 0 Å². The number of carbonyl (C=O) groups is 1. The van der Waals surface area contributed by atoms with Crippen molar-refractivity contribution in [3.8, 4) is 16.8 Å². The van der Waals surface area contributed by atoms with Gasteiger partial charge in [-0.15, -0.1) is 0 Å². The third kappa shape index (κ3) is 4.88. The molecule has 0 unspecified atom stereocenters. The summed E-state index contributed by atoms with van der Waals surface area (Å²) in [7, 11) is 0. The van der Waals surface area contributed by atoms with Crippen molar-refractivity contribution in [1.82, 2.24) is 9.47 Å². The van der Waals surface area contributed by atoms with Crippen LogP contribution < -0.4 is 10.5 Å². The Morgan fingerprint density at radius 3 is 2.40 bits per heavy atom. The van der Waals surface area contributed by atoms with Gasteiger partial charge in [0.05, 0.1) is 23.5 Å². The number of benzene rings is 3. The van der Waals surface area contributed by atoms with Gasteiger partial charge < -0.3 is 9.80 Å². The molecule has 0 bridgehead atoms. The molecule has 4 aromatic rings. The third-order valence-corrected chi connectivity index (χ3v) is 8.59. The first-order valence-electron chi connectivity index (χ1n) is 14.2. The highest BCUT2D eigenvalue weighted by Gasteiger charge is 2.31. The van der Waals surface area contributed by atoms with Crippen molar-refractivity contribution in [2.75, 3.05) is 24.5 Å². The van der Waals surface area contributed by atoms with Crippen LogP contribution in [0, 0.1) is 20.4 Å². The van der Waals surface area contributed by atoms with E-state index in [0.29, 0.717) is 35.9 Å². The smallest absolute Gasteiger partial charge is 0.274 e. The molecule has 1 saturated heterocycles. The zero-order chi connectivity index (χ0) is 30.3. The van der Waals surface area contributed by atoms with Crippen LogP contribution in [-0.4, -0.2) is 41.1 Å². The molecule has 1 aliphatic rings. The van der Waals surface area contributed by atoms with E-state index < -0.39 is 0 Å². The highest BCUT2D eigenvalue weighted by molar-refractivity contribution is 6.34. The van der Waals surface area contributed by atoms with Crippen molar-refractivity contribution in [2.45, 2.75) is 46.6 Å². The van der Waals surface area contributed by atoms with E-state index in [9.17, 15) is 9.59 Å². The number of aryl methyl sites for hydroxylation is 2. The molecule has 1 fully saturated rings. The molecule has 0 saturated carbocycles. The Morgan fingerprint density at radius 1 is 1.10 bits per heavy atom. The summed E-state index contributed by atoms with van der Waals surface area (Å²) in [5.41, 5.74) is 6.74. The lowest BCUT2D eigenvalue weighted by Crippen LogP contribution is -2.53. The van der Waals surface area contributed by atoms with Gasteiger partial charge in [0.1, 0.15) is 0 Å². The summed E-state index contributed by atoms with van der Waals surface area (Å²) in [6.07, 6.45) is 1.32. The Bertz CT molecular complexity index is 1810. The highest BCUT2D eigenvalue weighted by Crippen LogP contribution is 2.43. The summed E-state index contributed by atoms with van der Waals surface area (Å²) in [5.74, 6) is 0.0267. The molecule has 0 N–H and O–H groups in total. The maximum absolute atomic E-state index is 14.5. The maximum atomic E-state index is 14.5. The molecule has 1 aliphatic heterocycles. The van der Waals surface area contributed by atoms with Crippen LogP contribution in [0.15, 0.2) is 72.0 Å². The standard InChI is InChI=1S/C35H35ClN4O2/c1-8-31(41)38-16-17-39(24(6)20-38)34-27-18-28(36)26(32-22(4)12-11-13-23(32)5)19-30(27)40(35(42)33(34)37-7)29-15-10-9-14-25(29)21(2)3/h8-15,18-19,21,24H,1,16-17,20H2,2-6H3/t24-/m0/s1. The fourth-order valence-electron chi connectivity index (χ4n) is 6.24. The van der Waals surface area contributed by atoms with Crippen LogP contribution in [0.2, 0.25) is 5.02 Å². The number of carbonyl (C=O) groups excluding carboxylic acids is 1. The number of piperazine rings is 1. The van der Waals surface area contributed by atoms with Crippen LogP contribution in [0.25, 0.3) is 32.6 Å². The monoisotopic (exact) mass is 578 g/mol. The summed E-state index contributed by atoms with van der Waals surface area (Å²) in [6, 6.07) is 17.8. The van der Waals surface area contributed by atoms with Crippen molar-refractivity contribution in [3.05, 3.63) is 111 Å². The number of halogens is 1. The number of pyridine rings is 1. The molecule has 0 radical (unpaired) electrons. The zero-order valence-electron chi connectivity index (χ0n) is 24.7. The normalized spacial score (nSPS) is 15.2. The van der Waals surface area contributed by atoms with Crippen molar-refractivity contribution in [1.29, 1.82) is 0 Å². The minimum atomic E-state index is -0.368. The van der Waals surface area contributed by atoms with Crippen LogP contribution in [0.3, 0.4) is 0 Å². The predicted molar refractivity (Wildman–Crippen MR) is 173 cm³/mol. The number of hydrogen-bond donors (Lipinski definition) is 0. The first kappa shape index (κ1) is 29.2. The largest absolute Gasteiger partial charge is 0.373 e. The highest BCUT2D eigenvalue weighted by atomic mass is 35.5. The van der Waals surface area contributed by atoms with E-state index in [2.05, 4.69) is 56.2 Å². The lowest BCUT2D eigenvalue weighted by Gasteiger charge is -2.42. The first-order valence-corrected chi connectivity index (χ1v) is 14.6. The number of nitrogens with zero attached hydrogens (tertiary/aromatic N) is 4. The number of amides is 1. The number of anilines is 1. The summed E-state index contributed by atoms with van der Waals surface area (Å²) in [4.78, 5) is 34.5. The molecule has 6 nitrogen and oxygen atoms in total. The topological polar surface area (TPSA) is 49.9 Å². The summed E-state index contributed by atoms with van der Waals surface area (Å²) < 4.78 is 1.69. The maximum Gasteiger partial charge on any atom is 0.274 e. The summed E-state index contributed by atoms with van der Waals surface area (Å²) in [6.45, 7) is 23.5. The minimum Gasteiger partial charge on any atom is -0.373 e. The quantitative estimate of drug-likeness (QED) is 0.179. The van der Waals surface area contributed by atoms with E-state index in [4.69, 9.17) is 18.2 Å². The van der Waals surface area contributed by atoms with E-state index in [1.54, 1.807) is 9.47 Å². The first-order chi connectivity index (χ1) is 20.1. The summed E-state index contributed by atoms with van der Waals surface area (Å²) in [5, 5.41) is 1.28. The molecule has 214 valence electrons. The van der Waals surface area contributed by atoms with Gasteiger partial charge in [-0.2, -0.15) is 0 Å². The van der Waals surface area contributed by atoms with Gasteiger partial charge in [-0.1, -0.05) is 68.4 Å². The fraction of sp³-hybridized carbons (Fsp3) is 0.286. The van der Waals surface area contributed by atoms with Crippen molar-refractivity contribution in [3.63, 3.8) is 0 Å². The predicted octanol–water partition coefficient (Wildman–Crippen LogP) is 7.83. The van der Waals surface area contributed by atoms with Crippen LogP contribution in [0.5, 0.6) is 0 Å². The van der Waals surface area contributed by atoms with Gasteiger partial charge in [0.25, 0.3) is 11.2 Å². The van der Waals surface area contributed by atoms with E-state index in [0.717, 1.165) is 38.9 Å². The van der Waals surface area contributed by atoms with E-state index >= 15 is 0 Å². The van der Waals surface area contributed by atoms with Gasteiger partial charge in [0.2, 0.25) is 5.91 Å².